The van der Waals surface area contributed by atoms with Crippen LogP contribution in [0.15, 0.2) is 42.5 Å². The number of rotatable bonds is 6. The first-order chi connectivity index (χ1) is 10.4. The third-order valence-electron chi connectivity index (χ3n) is 3.90. The molecule has 22 heavy (non-hydrogen) atoms. The van der Waals surface area contributed by atoms with Crippen LogP contribution < -0.4 is 11.1 Å². The van der Waals surface area contributed by atoms with Gasteiger partial charge in [0.25, 0.3) is 0 Å². The van der Waals surface area contributed by atoms with Crippen molar-refractivity contribution in [1.29, 1.82) is 0 Å². The Bertz CT molecular complexity index is 652. The van der Waals surface area contributed by atoms with Crippen molar-refractivity contribution in [1.82, 2.24) is 5.32 Å². The summed E-state index contributed by atoms with van der Waals surface area (Å²) in [5.74, 6) is -0.228. The predicted octanol–water partition coefficient (Wildman–Crippen LogP) is 2.51. The molecule has 0 radical (unpaired) electrons. The monoisotopic (exact) mass is 300 g/mol. The van der Waals surface area contributed by atoms with Gasteiger partial charge in [0.2, 0.25) is 5.91 Å². The predicted molar refractivity (Wildman–Crippen MR) is 89.4 cm³/mol. The first kappa shape index (κ1) is 16.5. The topological polar surface area (TPSA) is 75.4 Å². The second-order valence-corrected chi connectivity index (χ2v) is 6.00. The molecule has 2 unspecified atom stereocenters. The average Bonchev–Trinajstić information content (AvgIpc) is 2.51. The van der Waals surface area contributed by atoms with Crippen LogP contribution in [-0.4, -0.2) is 23.1 Å². The van der Waals surface area contributed by atoms with Crippen LogP contribution in [-0.2, 0) is 4.79 Å². The number of hydrogen-bond donors (Lipinski definition) is 3. The van der Waals surface area contributed by atoms with E-state index in [1.54, 1.807) is 6.92 Å². The van der Waals surface area contributed by atoms with E-state index in [0.29, 0.717) is 6.42 Å². The van der Waals surface area contributed by atoms with Crippen LogP contribution in [0, 0.1) is 0 Å². The second-order valence-electron chi connectivity index (χ2n) is 6.00. The summed E-state index contributed by atoms with van der Waals surface area (Å²) in [6, 6.07) is 13.8. The van der Waals surface area contributed by atoms with Gasteiger partial charge in [-0.15, -0.1) is 0 Å². The largest absolute Gasteiger partial charge is 0.387 e. The highest BCUT2D eigenvalue weighted by atomic mass is 16.3. The highest BCUT2D eigenvalue weighted by Gasteiger charge is 2.27. The molecule has 0 saturated carbocycles. The normalized spacial score (nSPS) is 15.3. The van der Waals surface area contributed by atoms with E-state index in [2.05, 4.69) is 5.32 Å². The highest BCUT2D eigenvalue weighted by molar-refractivity contribution is 5.85. The summed E-state index contributed by atoms with van der Waals surface area (Å²) in [4.78, 5) is 12.1. The lowest BCUT2D eigenvalue weighted by molar-refractivity contribution is -0.126. The summed E-state index contributed by atoms with van der Waals surface area (Å²) in [7, 11) is 0. The van der Waals surface area contributed by atoms with Crippen molar-refractivity contribution in [2.75, 3.05) is 6.54 Å². The molecule has 0 aliphatic rings. The summed E-state index contributed by atoms with van der Waals surface area (Å²) in [5, 5.41) is 15.2. The number of nitrogens with one attached hydrogen (secondary N) is 1. The van der Waals surface area contributed by atoms with Crippen molar-refractivity contribution in [3.63, 3.8) is 0 Å². The van der Waals surface area contributed by atoms with Gasteiger partial charge in [-0.2, -0.15) is 0 Å². The van der Waals surface area contributed by atoms with Crippen molar-refractivity contribution in [3.8, 4) is 0 Å². The van der Waals surface area contributed by atoms with Crippen LogP contribution in [0.1, 0.15) is 38.4 Å². The van der Waals surface area contributed by atoms with Gasteiger partial charge in [0.05, 0.1) is 11.6 Å². The van der Waals surface area contributed by atoms with Crippen LogP contribution in [0.2, 0.25) is 0 Å². The van der Waals surface area contributed by atoms with Gasteiger partial charge in [0, 0.05) is 6.54 Å². The number of amides is 1. The Morgan fingerprint density at radius 3 is 2.64 bits per heavy atom. The van der Waals surface area contributed by atoms with Crippen LogP contribution in [0.5, 0.6) is 0 Å². The summed E-state index contributed by atoms with van der Waals surface area (Å²) in [5.41, 5.74) is 5.87. The maximum absolute atomic E-state index is 12.1. The maximum atomic E-state index is 12.1. The molecular weight excluding hydrogens is 276 g/mol. The fraction of sp³-hybridized carbons (Fsp3) is 0.389. The Morgan fingerprint density at radius 2 is 1.95 bits per heavy atom. The first-order valence-corrected chi connectivity index (χ1v) is 7.68. The van der Waals surface area contributed by atoms with Gasteiger partial charge in [-0.05, 0) is 35.7 Å². The SMILES string of the molecule is CCCC(C)(N)C(=O)NCC(O)c1ccc2ccccc2c1. The molecule has 0 aliphatic heterocycles. The Balaban J connectivity index is 2.02. The van der Waals surface area contributed by atoms with E-state index in [0.717, 1.165) is 22.8 Å². The molecule has 0 aliphatic carbocycles. The van der Waals surface area contributed by atoms with Gasteiger partial charge in [-0.3, -0.25) is 4.79 Å². The lowest BCUT2D eigenvalue weighted by atomic mass is 9.96. The summed E-state index contributed by atoms with van der Waals surface area (Å²) < 4.78 is 0. The molecule has 0 spiro atoms. The van der Waals surface area contributed by atoms with Crippen LogP contribution in [0.3, 0.4) is 0 Å². The van der Waals surface area contributed by atoms with E-state index in [1.165, 1.54) is 0 Å². The van der Waals surface area contributed by atoms with E-state index in [9.17, 15) is 9.90 Å². The molecule has 0 heterocycles. The van der Waals surface area contributed by atoms with Crippen molar-refractivity contribution in [3.05, 3.63) is 48.0 Å². The summed E-state index contributed by atoms with van der Waals surface area (Å²) >= 11 is 0. The van der Waals surface area contributed by atoms with Gasteiger partial charge in [-0.1, -0.05) is 49.7 Å². The Morgan fingerprint density at radius 1 is 1.27 bits per heavy atom. The zero-order chi connectivity index (χ0) is 16.2. The molecule has 2 aromatic carbocycles. The van der Waals surface area contributed by atoms with Crippen LogP contribution in [0.4, 0.5) is 0 Å². The number of aliphatic hydroxyl groups excluding tert-OH is 1. The first-order valence-electron chi connectivity index (χ1n) is 7.68. The molecule has 0 aromatic heterocycles. The molecule has 0 saturated heterocycles. The zero-order valence-corrected chi connectivity index (χ0v) is 13.2. The Kier molecular flexibility index (Phi) is 5.16. The third kappa shape index (κ3) is 3.84. The number of nitrogens with two attached hydrogens (primary N) is 1. The Labute approximate surface area is 131 Å². The number of benzene rings is 2. The van der Waals surface area contributed by atoms with Gasteiger partial charge >= 0.3 is 0 Å². The van der Waals surface area contributed by atoms with E-state index < -0.39 is 11.6 Å². The Hall–Kier alpha value is -1.91. The fourth-order valence-corrected chi connectivity index (χ4v) is 2.56. The molecule has 0 bridgehead atoms. The minimum Gasteiger partial charge on any atom is -0.387 e. The van der Waals surface area contributed by atoms with Crippen molar-refractivity contribution >= 4 is 16.7 Å². The van der Waals surface area contributed by atoms with E-state index in [4.69, 9.17) is 5.73 Å². The maximum Gasteiger partial charge on any atom is 0.239 e. The standard InChI is InChI=1S/C18H24N2O2/c1-3-10-18(2,19)17(22)20-12-16(21)15-9-8-13-6-4-5-7-14(13)11-15/h4-9,11,16,21H,3,10,12,19H2,1-2H3,(H,20,22). The molecule has 4 nitrogen and oxygen atoms in total. The molecule has 0 fully saturated rings. The van der Waals surface area contributed by atoms with Crippen LogP contribution >= 0.6 is 0 Å². The molecule has 2 rings (SSSR count). The molecule has 1 amide bonds. The van der Waals surface area contributed by atoms with Gasteiger partial charge in [0.1, 0.15) is 0 Å². The highest BCUT2D eigenvalue weighted by Crippen LogP contribution is 2.20. The molecule has 4 heteroatoms. The van der Waals surface area contributed by atoms with Gasteiger partial charge < -0.3 is 16.2 Å². The van der Waals surface area contributed by atoms with E-state index >= 15 is 0 Å². The van der Waals surface area contributed by atoms with Gasteiger partial charge in [0.15, 0.2) is 0 Å². The molecule has 4 N–H and O–H groups in total. The van der Waals surface area contributed by atoms with Crippen molar-refractivity contribution < 1.29 is 9.90 Å². The fourth-order valence-electron chi connectivity index (χ4n) is 2.56. The second kappa shape index (κ2) is 6.90. The smallest absolute Gasteiger partial charge is 0.239 e. The number of hydrogen-bond acceptors (Lipinski definition) is 3. The van der Waals surface area contributed by atoms with E-state index in [1.807, 2.05) is 49.4 Å². The minimum atomic E-state index is -0.891. The summed E-state index contributed by atoms with van der Waals surface area (Å²) in [6.45, 7) is 3.87. The van der Waals surface area contributed by atoms with Crippen molar-refractivity contribution in [2.45, 2.75) is 38.3 Å². The minimum absolute atomic E-state index is 0.160. The number of fused-ring (bicyclic) bond motifs is 1. The number of aliphatic hydroxyl groups is 1. The lowest BCUT2D eigenvalue weighted by Gasteiger charge is -2.24. The third-order valence-corrected chi connectivity index (χ3v) is 3.90. The molecular formula is C18H24N2O2. The number of carbonyl (C=O) groups is 1. The molecule has 118 valence electrons. The summed E-state index contributed by atoms with van der Waals surface area (Å²) in [6.07, 6.45) is 0.712. The number of carbonyl (C=O) groups excluding carboxylic acids is 1. The molecule has 2 atom stereocenters. The molecule has 2 aromatic rings. The lowest BCUT2D eigenvalue weighted by Crippen LogP contribution is -2.52. The zero-order valence-electron chi connectivity index (χ0n) is 13.2. The van der Waals surface area contributed by atoms with Crippen molar-refractivity contribution in [2.24, 2.45) is 5.73 Å². The quantitative estimate of drug-likeness (QED) is 0.767. The van der Waals surface area contributed by atoms with Gasteiger partial charge in [-0.25, -0.2) is 0 Å². The van der Waals surface area contributed by atoms with Crippen LogP contribution in [0.25, 0.3) is 10.8 Å². The average molecular weight is 300 g/mol. The van der Waals surface area contributed by atoms with E-state index in [-0.39, 0.29) is 12.5 Å².